The van der Waals surface area contributed by atoms with Gasteiger partial charge in [0.25, 0.3) is 0 Å². The first-order valence-electron chi connectivity index (χ1n) is 7.26. The van der Waals surface area contributed by atoms with E-state index in [1.807, 2.05) is 4.90 Å². The monoisotopic (exact) mass is 282 g/mol. The molecule has 1 saturated heterocycles. The van der Waals surface area contributed by atoms with Crippen molar-refractivity contribution in [2.45, 2.75) is 44.6 Å². The second kappa shape index (κ2) is 6.72. The van der Waals surface area contributed by atoms with Gasteiger partial charge in [0.05, 0.1) is 19.4 Å². The number of esters is 1. The van der Waals surface area contributed by atoms with Crippen LogP contribution in [-0.4, -0.2) is 48.9 Å². The number of methoxy groups -OCH3 is 1. The lowest BCUT2D eigenvalue weighted by molar-refractivity contribution is -0.140. The molecule has 6 nitrogen and oxygen atoms in total. The van der Waals surface area contributed by atoms with Crippen molar-refractivity contribution in [1.29, 1.82) is 0 Å². The Hall–Kier alpha value is -1.59. The van der Waals surface area contributed by atoms with E-state index in [0.717, 1.165) is 12.8 Å². The third-order valence-corrected chi connectivity index (χ3v) is 4.15. The van der Waals surface area contributed by atoms with E-state index in [1.54, 1.807) is 0 Å². The molecule has 2 fully saturated rings. The highest BCUT2D eigenvalue weighted by molar-refractivity contribution is 5.89. The number of hydrogen-bond acceptors (Lipinski definition) is 4. The van der Waals surface area contributed by atoms with Gasteiger partial charge in [0.15, 0.2) is 0 Å². The first kappa shape index (κ1) is 14.8. The number of hydrogen-bond donors (Lipinski definition) is 1. The van der Waals surface area contributed by atoms with Crippen LogP contribution in [0.1, 0.15) is 38.5 Å². The van der Waals surface area contributed by atoms with Gasteiger partial charge in [-0.25, -0.2) is 0 Å². The fraction of sp³-hybridized carbons (Fsp3) is 0.786. The zero-order valence-corrected chi connectivity index (χ0v) is 11.9. The molecule has 0 radical (unpaired) electrons. The second-order valence-electron chi connectivity index (χ2n) is 5.50. The molecule has 0 spiro atoms. The van der Waals surface area contributed by atoms with Crippen molar-refractivity contribution in [3.8, 4) is 0 Å². The molecule has 6 heteroatoms. The Morgan fingerprint density at radius 1 is 1.35 bits per heavy atom. The molecule has 2 rings (SSSR count). The highest BCUT2D eigenvalue weighted by atomic mass is 16.5. The smallest absolute Gasteiger partial charge is 0.307 e. The first-order chi connectivity index (χ1) is 9.61. The number of ether oxygens (including phenoxy) is 1. The molecule has 1 atom stereocenters. The maximum Gasteiger partial charge on any atom is 0.307 e. The Morgan fingerprint density at radius 2 is 2.05 bits per heavy atom. The Kier molecular flexibility index (Phi) is 4.98. The van der Waals surface area contributed by atoms with Crippen LogP contribution in [0, 0.1) is 5.92 Å². The lowest BCUT2D eigenvalue weighted by atomic mass is 10.1. The summed E-state index contributed by atoms with van der Waals surface area (Å²) in [5.74, 6) is -0.672. The summed E-state index contributed by atoms with van der Waals surface area (Å²) in [6, 6.07) is 0.329. The molecular formula is C14H22N2O4. The van der Waals surface area contributed by atoms with Crippen LogP contribution >= 0.6 is 0 Å². The van der Waals surface area contributed by atoms with Crippen molar-refractivity contribution in [3.05, 3.63) is 0 Å². The van der Waals surface area contributed by atoms with E-state index in [9.17, 15) is 14.4 Å². The van der Waals surface area contributed by atoms with Crippen LogP contribution in [0.5, 0.6) is 0 Å². The summed E-state index contributed by atoms with van der Waals surface area (Å²) in [6.07, 6.45) is 4.91. The normalized spacial score (nSPS) is 23.1. The van der Waals surface area contributed by atoms with E-state index < -0.39 is 0 Å². The third-order valence-electron chi connectivity index (χ3n) is 4.15. The lowest BCUT2D eigenvalue weighted by Gasteiger charge is -2.23. The van der Waals surface area contributed by atoms with Crippen molar-refractivity contribution in [3.63, 3.8) is 0 Å². The molecule has 2 aliphatic rings. The van der Waals surface area contributed by atoms with Crippen molar-refractivity contribution in [1.82, 2.24) is 10.2 Å². The average Bonchev–Trinajstić information content (AvgIpc) is 3.07. The average molecular weight is 282 g/mol. The van der Waals surface area contributed by atoms with Gasteiger partial charge in [0.1, 0.15) is 0 Å². The summed E-state index contributed by atoms with van der Waals surface area (Å²) in [4.78, 5) is 36.8. The van der Waals surface area contributed by atoms with Crippen LogP contribution in [0.3, 0.4) is 0 Å². The van der Waals surface area contributed by atoms with Gasteiger partial charge in [-0.05, 0) is 12.8 Å². The van der Waals surface area contributed by atoms with Gasteiger partial charge >= 0.3 is 5.97 Å². The van der Waals surface area contributed by atoms with Gasteiger partial charge in [-0.3, -0.25) is 14.4 Å². The second-order valence-corrected chi connectivity index (χ2v) is 5.50. The minimum absolute atomic E-state index is 0.0880. The van der Waals surface area contributed by atoms with Crippen molar-refractivity contribution < 1.29 is 19.1 Å². The van der Waals surface area contributed by atoms with Gasteiger partial charge in [0, 0.05) is 25.6 Å². The number of nitrogens with zero attached hydrogens (tertiary/aromatic N) is 1. The van der Waals surface area contributed by atoms with Crippen LogP contribution < -0.4 is 5.32 Å². The van der Waals surface area contributed by atoms with E-state index >= 15 is 0 Å². The van der Waals surface area contributed by atoms with E-state index in [0.29, 0.717) is 19.0 Å². The topological polar surface area (TPSA) is 75.7 Å². The van der Waals surface area contributed by atoms with Gasteiger partial charge in [-0.1, -0.05) is 12.8 Å². The van der Waals surface area contributed by atoms with E-state index in [-0.39, 0.29) is 36.7 Å². The summed E-state index contributed by atoms with van der Waals surface area (Å²) in [7, 11) is 1.32. The molecule has 0 aromatic heterocycles. The number of rotatable bonds is 5. The Morgan fingerprint density at radius 3 is 2.70 bits per heavy atom. The van der Waals surface area contributed by atoms with Crippen LogP contribution in [-0.2, 0) is 19.1 Å². The largest absolute Gasteiger partial charge is 0.469 e. The first-order valence-corrected chi connectivity index (χ1v) is 7.26. The maximum atomic E-state index is 12.0. The molecule has 1 N–H and O–H groups in total. The predicted molar refractivity (Wildman–Crippen MR) is 71.7 cm³/mol. The Bertz CT molecular complexity index is 391. The van der Waals surface area contributed by atoms with Crippen molar-refractivity contribution in [2.75, 3.05) is 20.2 Å². The SMILES string of the molecule is COC(=O)CCNC(=O)[C@H]1CC(=O)N(C2CCCC2)C1. The number of amides is 2. The van der Waals surface area contributed by atoms with Crippen LogP contribution in [0.4, 0.5) is 0 Å². The van der Waals surface area contributed by atoms with Crippen molar-refractivity contribution in [2.24, 2.45) is 5.92 Å². The van der Waals surface area contributed by atoms with Crippen LogP contribution in [0.2, 0.25) is 0 Å². The molecule has 0 aromatic rings. The number of likely N-dealkylation sites (tertiary alicyclic amines) is 1. The lowest BCUT2D eigenvalue weighted by Crippen LogP contribution is -2.37. The molecule has 0 aromatic carbocycles. The highest BCUT2D eigenvalue weighted by Gasteiger charge is 2.38. The molecule has 1 aliphatic carbocycles. The minimum atomic E-state index is -0.347. The zero-order chi connectivity index (χ0) is 14.5. The number of nitrogens with one attached hydrogen (secondary N) is 1. The molecule has 20 heavy (non-hydrogen) atoms. The molecule has 0 bridgehead atoms. The molecule has 1 aliphatic heterocycles. The molecule has 1 saturated carbocycles. The van der Waals surface area contributed by atoms with E-state index in [4.69, 9.17) is 0 Å². The minimum Gasteiger partial charge on any atom is -0.469 e. The quantitative estimate of drug-likeness (QED) is 0.743. The maximum absolute atomic E-state index is 12.0. The molecule has 0 unspecified atom stereocenters. The van der Waals surface area contributed by atoms with Gasteiger partial charge < -0.3 is 15.0 Å². The Labute approximate surface area is 118 Å². The summed E-state index contributed by atoms with van der Waals surface area (Å²) in [6.45, 7) is 0.785. The molecule has 112 valence electrons. The van der Waals surface area contributed by atoms with Gasteiger partial charge in [0.2, 0.25) is 11.8 Å². The highest BCUT2D eigenvalue weighted by Crippen LogP contribution is 2.29. The van der Waals surface area contributed by atoms with Gasteiger partial charge in [-0.15, -0.1) is 0 Å². The van der Waals surface area contributed by atoms with Crippen molar-refractivity contribution >= 4 is 17.8 Å². The van der Waals surface area contributed by atoms with E-state index in [2.05, 4.69) is 10.1 Å². The summed E-state index contributed by atoms with van der Waals surface area (Å²) < 4.78 is 4.51. The summed E-state index contributed by atoms with van der Waals surface area (Å²) in [5, 5.41) is 2.70. The predicted octanol–water partition coefficient (Wildman–Crippen LogP) is 0.457. The number of carbonyl (C=O) groups is 3. The van der Waals surface area contributed by atoms with Crippen LogP contribution in [0.15, 0.2) is 0 Å². The summed E-state index contributed by atoms with van der Waals surface area (Å²) >= 11 is 0. The third kappa shape index (κ3) is 3.49. The molecular weight excluding hydrogens is 260 g/mol. The molecule has 2 amide bonds. The van der Waals surface area contributed by atoms with Crippen LogP contribution in [0.25, 0.3) is 0 Å². The fourth-order valence-electron chi connectivity index (χ4n) is 3.01. The Balaban J connectivity index is 1.77. The number of carbonyl (C=O) groups excluding carboxylic acids is 3. The van der Waals surface area contributed by atoms with E-state index in [1.165, 1.54) is 20.0 Å². The molecule has 1 heterocycles. The summed E-state index contributed by atoms with van der Waals surface area (Å²) in [5.41, 5.74) is 0. The van der Waals surface area contributed by atoms with Gasteiger partial charge in [-0.2, -0.15) is 0 Å². The fourth-order valence-corrected chi connectivity index (χ4v) is 3.01. The zero-order valence-electron chi connectivity index (χ0n) is 11.9. The standard InChI is InChI=1S/C14H22N2O4/c1-20-13(18)6-7-15-14(19)10-8-12(17)16(9-10)11-4-2-3-5-11/h10-11H,2-9H2,1H3,(H,15,19)/t10-/m0/s1.